The molecule has 0 spiro atoms. The zero-order valence-electron chi connectivity index (χ0n) is 19.6. The number of rotatable bonds is 8. The molecule has 1 amide bonds. The van der Waals surface area contributed by atoms with Gasteiger partial charge in [-0.2, -0.15) is 0 Å². The summed E-state index contributed by atoms with van der Waals surface area (Å²) in [5, 5.41) is 3.62. The summed E-state index contributed by atoms with van der Waals surface area (Å²) in [6, 6.07) is 22.5. The highest BCUT2D eigenvalue weighted by atomic mass is 16.5. The standard InChI is InChI=1S/C27H25N5O4/c1-35-21-9-2-17(3-10-21)14-15-30-25(33)24-12-6-19-16-22(11-13-23(19)32-24)36-26(34)18-4-7-20(8-5-18)31-27(28)29/h2-13,16H,14-15H2,1H3,(H,30,33)(H4,28,29,31). The van der Waals surface area contributed by atoms with Crippen LogP contribution in [0, 0.1) is 0 Å². The molecule has 0 bridgehead atoms. The molecule has 182 valence electrons. The summed E-state index contributed by atoms with van der Waals surface area (Å²) in [4.78, 5) is 33.4. The zero-order chi connectivity index (χ0) is 25.5. The van der Waals surface area contributed by atoms with Crippen LogP contribution in [-0.2, 0) is 6.42 Å². The second-order valence-electron chi connectivity index (χ2n) is 7.88. The molecule has 5 N–H and O–H groups in total. The van der Waals surface area contributed by atoms with Crippen molar-refractivity contribution in [2.45, 2.75) is 6.42 Å². The zero-order valence-corrected chi connectivity index (χ0v) is 19.6. The van der Waals surface area contributed by atoms with Crippen LogP contribution in [0.3, 0.4) is 0 Å². The summed E-state index contributed by atoms with van der Waals surface area (Å²) in [7, 11) is 1.62. The molecule has 4 rings (SSSR count). The van der Waals surface area contributed by atoms with Gasteiger partial charge in [0.1, 0.15) is 17.2 Å². The van der Waals surface area contributed by atoms with Gasteiger partial charge in [-0.25, -0.2) is 14.8 Å². The van der Waals surface area contributed by atoms with Crippen molar-refractivity contribution in [3.05, 3.63) is 95.7 Å². The number of hydrogen-bond acceptors (Lipinski definition) is 6. The van der Waals surface area contributed by atoms with Crippen molar-refractivity contribution in [2.75, 3.05) is 13.7 Å². The number of nitrogens with zero attached hydrogens (tertiary/aromatic N) is 2. The number of guanidine groups is 1. The van der Waals surface area contributed by atoms with E-state index in [0.29, 0.717) is 41.2 Å². The maximum absolute atomic E-state index is 12.5. The summed E-state index contributed by atoms with van der Waals surface area (Å²) in [5.74, 6) is 0.305. The second-order valence-corrected chi connectivity index (χ2v) is 7.88. The van der Waals surface area contributed by atoms with E-state index in [2.05, 4.69) is 15.3 Å². The predicted octanol–water partition coefficient (Wildman–Crippen LogP) is 3.34. The minimum Gasteiger partial charge on any atom is -0.497 e. The molecule has 0 unspecified atom stereocenters. The van der Waals surface area contributed by atoms with Gasteiger partial charge in [-0.1, -0.05) is 18.2 Å². The molecule has 1 aromatic heterocycles. The fourth-order valence-corrected chi connectivity index (χ4v) is 3.48. The first-order chi connectivity index (χ1) is 17.4. The lowest BCUT2D eigenvalue weighted by atomic mass is 10.1. The number of fused-ring (bicyclic) bond motifs is 1. The van der Waals surface area contributed by atoms with E-state index in [4.69, 9.17) is 20.9 Å². The quantitative estimate of drug-likeness (QED) is 0.151. The van der Waals surface area contributed by atoms with E-state index >= 15 is 0 Å². The molecule has 0 saturated heterocycles. The Hall–Kier alpha value is -4.92. The Bertz CT molecular complexity index is 1410. The molecule has 0 aliphatic heterocycles. The molecule has 0 aliphatic rings. The molecular weight excluding hydrogens is 458 g/mol. The van der Waals surface area contributed by atoms with Crippen LogP contribution in [0.1, 0.15) is 26.4 Å². The number of benzene rings is 3. The highest BCUT2D eigenvalue weighted by Crippen LogP contribution is 2.22. The minimum absolute atomic E-state index is 0.0655. The van der Waals surface area contributed by atoms with Gasteiger partial charge in [0, 0.05) is 11.9 Å². The maximum Gasteiger partial charge on any atom is 0.343 e. The van der Waals surface area contributed by atoms with Gasteiger partial charge in [0.05, 0.1) is 23.9 Å². The van der Waals surface area contributed by atoms with Gasteiger partial charge >= 0.3 is 5.97 Å². The number of methoxy groups -OCH3 is 1. The number of ether oxygens (including phenoxy) is 2. The highest BCUT2D eigenvalue weighted by Gasteiger charge is 2.11. The average Bonchev–Trinajstić information content (AvgIpc) is 2.88. The van der Waals surface area contributed by atoms with Gasteiger partial charge in [0.15, 0.2) is 5.96 Å². The molecule has 3 aromatic carbocycles. The van der Waals surface area contributed by atoms with Crippen LogP contribution in [0.2, 0.25) is 0 Å². The van der Waals surface area contributed by atoms with Crippen LogP contribution >= 0.6 is 0 Å². The van der Waals surface area contributed by atoms with E-state index in [1.807, 2.05) is 24.3 Å². The first kappa shape index (κ1) is 24.2. The largest absolute Gasteiger partial charge is 0.497 e. The number of aliphatic imine (C=N–C) groups is 1. The monoisotopic (exact) mass is 483 g/mol. The van der Waals surface area contributed by atoms with Gasteiger partial charge in [0.25, 0.3) is 5.91 Å². The molecule has 1 heterocycles. The van der Waals surface area contributed by atoms with Crippen molar-refractivity contribution in [2.24, 2.45) is 16.5 Å². The van der Waals surface area contributed by atoms with E-state index < -0.39 is 5.97 Å². The molecule has 0 atom stereocenters. The summed E-state index contributed by atoms with van der Waals surface area (Å²) in [5.41, 5.74) is 13.6. The lowest BCUT2D eigenvalue weighted by Gasteiger charge is -2.08. The van der Waals surface area contributed by atoms with Crippen LogP contribution in [0.5, 0.6) is 11.5 Å². The van der Waals surface area contributed by atoms with Crippen LogP contribution < -0.4 is 26.3 Å². The predicted molar refractivity (Wildman–Crippen MR) is 138 cm³/mol. The van der Waals surface area contributed by atoms with Gasteiger partial charge in [-0.15, -0.1) is 0 Å². The number of nitrogens with one attached hydrogen (secondary N) is 1. The maximum atomic E-state index is 12.5. The SMILES string of the molecule is COc1ccc(CCNC(=O)c2ccc3cc(OC(=O)c4ccc(N=C(N)N)cc4)ccc3n2)cc1. The Morgan fingerprint density at radius 3 is 2.33 bits per heavy atom. The molecule has 0 fully saturated rings. The van der Waals surface area contributed by atoms with E-state index in [9.17, 15) is 9.59 Å². The Labute approximate surface area is 207 Å². The third kappa shape index (κ3) is 6.15. The Morgan fingerprint density at radius 2 is 1.64 bits per heavy atom. The summed E-state index contributed by atoms with van der Waals surface area (Å²) >= 11 is 0. The summed E-state index contributed by atoms with van der Waals surface area (Å²) in [6.07, 6.45) is 0.690. The molecule has 0 radical (unpaired) electrons. The first-order valence-corrected chi connectivity index (χ1v) is 11.1. The van der Waals surface area contributed by atoms with E-state index in [1.165, 1.54) is 0 Å². The number of nitrogens with two attached hydrogens (primary N) is 2. The molecule has 4 aromatic rings. The van der Waals surface area contributed by atoms with Crippen molar-refractivity contribution in [1.29, 1.82) is 0 Å². The smallest absolute Gasteiger partial charge is 0.343 e. The average molecular weight is 484 g/mol. The van der Waals surface area contributed by atoms with E-state index in [-0.39, 0.29) is 11.9 Å². The summed E-state index contributed by atoms with van der Waals surface area (Å²) in [6.45, 7) is 0.479. The summed E-state index contributed by atoms with van der Waals surface area (Å²) < 4.78 is 10.6. The molecule has 0 saturated carbocycles. The van der Waals surface area contributed by atoms with Gasteiger partial charge in [-0.05, 0) is 72.6 Å². The topological polar surface area (TPSA) is 142 Å². The highest BCUT2D eigenvalue weighted by molar-refractivity contribution is 5.95. The lowest BCUT2D eigenvalue weighted by Crippen LogP contribution is -2.26. The van der Waals surface area contributed by atoms with Crippen molar-refractivity contribution >= 4 is 34.4 Å². The van der Waals surface area contributed by atoms with Gasteiger partial charge in [0.2, 0.25) is 0 Å². The van der Waals surface area contributed by atoms with Gasteiger partial charge < -0.3 is 26.3 Å². The third-order valence-electron chi connectivity index (χ3n) is 5.32. The number of carbonyl (C=O) groups excluding carboxylic acids is 2. The normalized spacial score (nSPS) is 10.5. The number of aromatic nitrogens is 1. The first-order valence-electron chi connectivity index (χ1n) is 11.1. The number of amides is 1. The fourth-order valence-electron chi connectivity index (χ4n) is 3.48. The van der Waals surface area contributed by atoms with Crippen LogP contribution in [0.25, 0.3) is 10.9 Å². The Morgan fingerprint density at radius 1 is 0.917 bits per heavy atom. The number of pyridine rings is 1. The van der Waals surface area contributed by atoms with E-state index in [1.54, 1.807) is 61.7 Å². The fraction of sp³-hybridized carbons (Fsp3) is 0.111. The number of hydrogen-bond donors (Lipinski definition) is 3. The Balaban J connectivity index is 1.36. The van der Waals surface area contributed by atoms with Crippen LogP contribution in [0.15, 0.2) is 83.9 Å². The lowest BCUT2D eigenvalue weighted by molar-refractivity contribution is 0.0734. The van der Waals surface area contributed by atoms with Crippen molar-refractivity contribution in [3.63, 3.8) is 0 Å². The third-order valence-corrected chi connectivity index (χ3v) is 5.32. The van der Waals surface area contributed by atoms with E-state index in [0.717, 1.165) is 16.7 Å². The van der Waals surface area contributed by atoms with Crippen LogP contribution in [-0.4, -0.2) is 36.5 Å². The number of esters is 1. The second kappa shape index (κ2) is 11.0. The van der Waals surface area contributed by atoms with Gasteiger partial charge in [-0.3, -0.25) is 4.79 Å². The van der Waals surface area contributed by atoms with Crippen molar-refractivity contribution in [3.8, 4) is 11.5 Å². The van der Waals surface area contributed by atoms with Crippen molar-refractivity contribution < 1.29 is 19.1 Å². The molecule has 0 aliphatic carbocycles. The molecule has 36 heavy (non-hydrogen) atoms. The molecular formula is C27H25N5O4. The van der Waals surface area contributed by atoms with Crippen molar-refractivity contribution in [1.82, 2.24) is 10.3 Å². The Kier molecular flexibility index (Phi) is 7.40. The molecule has 9 nitrogen and oxygen atoms in total. The van der Waals surface area contributed by atoms with Crippen LogP contribution in [0.4, 0.5) is 5.69 Å². The molecule has 9 heteroatoms. The number of carbonyl (C=O) groups is 2. The minimum atomic E-state index is -0.522.